The van der Waals surface area contributed by atoms with Gasteiger partial charge in [0.15, 0.2) is 0 Å². The second-order valence-electron chi connectivity index (χ2n) is 4.02. The Morgan fingerprint density at radius 1 is 1.56 bits per heavy atom. The van der Waals surface area contributed by atoms with Crippen molar-refractivity contribution in [2.75, 3.05) is 38.3 Å². The molecule has 1 N–H and O–H groups in total. The van der Waals surface area contributed by atoms with E-state index in [-0.39, 0.29) is 12.0 Å². The first-order valence-electron chi connectivity index (χ1n) is 5.74. The Morgan fingerprint density at radius 3 is 2.88 bits per heavy atom. The van der Waals surface area contributed by atoms with Crippen LogP contribution in [-0.4, -0.2) is 60.3 Å². The molecule has 0 aromatic carbocycles. The van der Waals surface area contributed by atoms with Gasteiger partial charge in [0.05, 0.1) is 19.1 Å². The summed E-state index contributed by atoms with van der Waals surface area (Å²) < 4.78 is 5.29. The van der Waals surface area contributed by atoms with Crippen LogP contribution in [0.2, 0.25) is 0 Å². The molecule has 0 saturated carbocycles. The smallest absolute Gasteiger partial charge is 0.310 e. The summed E-state index contributed by atoms with van der Waals surface area (Å²) in [6.07, 6.45) is 3.20. The standard InChI is InChI=1S/C11H21NO3S/c1-3-12(5-4-6-16-2)10-8-15-7-9(10)11(13)14/h9-10H,3-8H2,1-2H3,(H,13,14). The zero-order valence-electron chi connectivity index (χ0n) is 10.0. The Balaban J connectivity index is 2.47. The van der Waals surface area contributed by atoms with Crippen LogP contribution in [0.15, 0.2) is 0 Å². The molecule has 0 amide bonds. The number of carboxylic acid groups (broad SMARTS) is 1. The van der Waals surface area contributed by atoms with Gasteiger partial charge in [-0.25, -0.2) is 0 Å². The van der Waals surface area contributed by atoms with E-state index in [1.165, 1.54) is 0 Å². The lowest BCUT2D eigenvalue weighted by Crippen LogP contribution is -2.43. The molecule has 0 radical (unpaired) electrons. The van der Waals surface area contributed by atoms with Crippen LogP contribution in [0.3, 0.4) is 0 Å². The molecule has 0 aromatic heterocycles. The molecule has 1 fully saturated rings. The molecule has 16 heavy (non-hydrogen) atoms. The Bertz CT molecular complexity index is 225. The molecule has 94 valence electrons. The number of aliphatic carboxylic acids is 1. The summed E-state index contributed by atoms with van der Waals surface area (Å²) in [6, 6.07) is 0.0596. The quantitative estimate of drug-likeness (QED) is 0.684. The van der Waals surface area contributed by atoms with Gasteiger partial charge in [0.2, 0.25) is 0 Å². The first kappa shape index (κ1) is 13.8. The first-order valence-corrected chi connectivity index (χ1v) is 7.13. The highest BCUT2D eigenvalue weighted by Gasteiger charge is 2.37. The predicted molar refractivity (Wildman–Crippen MR) is 66.0 cm³/mol. The Kier molecular flexibility index (Phi) is 6.16. The van der Waals surface area contributed by atoms with E-state index in [9.17, 15) is 4.79 Å². The lowest BCUT2D eigenvalue weighted by atomic mass is 10.0. The van der Waals surface area contributed by atoms with E-state index >= 15 is 0 Å². The Hall–Kier alpha value is -0.260. The van der Waals surface area contributed by atoms with Crippen LogP contribution in [0.1, 0.15) is 13.3 Å². The third-order valence-corrected chi connectivity index (χ3v) is 3.73. The highest BCUT2D eigenvalue weighted by molar-refractivity contribution is 7.98. The summed E-state index contributed by atoms with van der Waals surface area (Å²) in [5.74, 6) is 0.0435. The summed E-state index contributed by atoms with van der Waals surface area (Å²) in [5, 5.41) is 9.09. The highest BCUT2D eigenvalue weighted by Crippen LogP contribution is 2.20. The maximum atomic E-state index is 11.1. The molecule has 2 unspecified atom stereocenters. The van der Waals surface area contributed by atoms with Gasteiger partial charge in [0.25, 0.3) is 0 Å². The van der Waals surface area contributed by atoms with Gasteiger partial charge < -0.3 is 9.84 Å². The third kappa shape index (κ3) is 3.64. The van der Waals surface area contributed by atoms with Crippen LogP contribution in [-0.2, 0) is 9.53 Å². The van der Waals surface area contributed by atoms with Crippen molar-refractivity contribution in [2.24, 2.45) is 5.92 Å². The van der Waals surface area contributed by atoms with Gasteiger partial charge in [0.1, 0.15) is 0 Å². The molecule has 1 saturated heterocycles. The summed E-state index contributed by atoms with van der Waals surface area (Å²) >= 11 is 1.83. The molecule has 0 aliphatic carbocycles. The van der Waals surface area contributed by atoms with Crippen molar-refractivity contribution in [3.63, 3.8) is 0 Å². The number of thioether (sulfide) groups is 1. The minimum absolute atomic E-state index is 0.0596. The molecule has 1 aliphatic heterocycles. The Morgan fingerprint density at radius 2 is 2.31 bits per heavy atom. The monoisotopic (exact) mass is 247 g/mol. The van der Waals surface area contributed by atoms with E-state index in [1.54, 1.807) is 0 Å². The van der Waals surface area contributed by atoms with Crippen LogP contribution in [0.4, 0.5) is 0 Å². The summed E-state index contributed by atoms with van der Waals surface area (Å²) in [4.78, 5) is 13.3. The van der Waals surface area contributed by atoms with Gasteiger partial charge in [-0.05, 0) is 31.5 Å². The third-order valence-electron chi connectivity index (χ3n) is 3.04. The molecule has 5 heteroatoms. The molecule has 1 aliphatic rings. The van der Waals surface area contributed by atoms with Crippen LogP contribution >= 0.6 is 11.8 Å². The molecule has 1 rings (SSSR count). The minimum atomic E-state index is -0.731. The average Bonchev–Trinajstić information content (AvgIpc) is 2.73. The van der Waals surface area contributed by atoms with Gasteiger partial charge in [-0.3, -0.25) is 9.69 Å². The van der Waals surface area contributed by atoms with Crippen molar-refractivity contribution >= 4 is 17.7 Å². The number of ether oxygens (including phenoxy) is 1. The predicted octanol–water partition coefficient (Wildman–Crippen LogP) is 1.16. The van der Waals surface area contributed by atoms with E-state index in [1.807, 2.05) is 11.8 Å². The van der Waals surface area contributed by atoms with Crippen LogP contribution in [0.5, 0.6) is 0 Å². The van der Waals surface area contributed by atoms with Crippen molar-refractivity contribution in [3.05, 3.63) is 0 Å². The summed E-state index contributed by atoms with van der Waals surface area (Å²) in [6.45, 7) is 4.86. The van der Waals surface area contributed by atoms with E-state index in [0.717, 1.165) is 25.3 Å². The van der Waals surface area contributed by atoms with E-state index in [4.69, 9.17) is 9.84 Å². The van der Waals surface area contributed by atoms with Crippen LogP contribution in [0, 0.1) is 5.92 Å². The van der Waals surface area contributed by atoms with E-state index in [2.05, 4.69) is 18.1 Å². The number of nitrogens with zero attached hydrogens (tertiary/aromatic N) is 1. The van der Waals surface area contributed by atoms with Crippen LogP contribution in [0.25, 0.3) is 0 Å². The molecule has 0 spiro atoms. The Labute approximate surface area is 101 Å². The SMILES string of the molecule is CCN(CCCSC)C1COCC1C(=O)O. The fourth-order valence-corrected chi connectivity index (χ4v) is 2.53. The van der Waals surface area contributed by atoms with Crippen molar-refractivity contribution in [3.8, 4) is 0 Å². The molecule has 1 heterocycles. The first-order chi connectivity index (χ1) is 7.70. The number of likely N-dealkylation sites (N-methyl/N-ethyl adjacent to an activating group) is 1. The largest absolute Gasteiger partial charge is 0.481 e. The van der Waals surface area contributed by atoms with Gasteiger partial charge in [-0.1, -0.05) is 6.92 Å². The zero-order chi connectivity index (χ0) is 12.0. The molecule has 4 nitrogen and oxygen atoms in total. The molecule has 2 atom stereocenters. The maximum absolute atomic E-state index is 11.1. The topological polar surface area (TPSA) is 49.8 Å². The second kappa shape index (κ2) is 7.14. The van der Waals surface area contributed by atoms with Crippen molar-refractivity contribution in [2.45, 2.75) is 19.4 Å². The highest BCUT2D eigenvalue weighted by atomic mass is 32.2. The maximum Gasteiger partial charge on any atom is 0.310 e. The summed E-state index contributed by atoms with van der Waals surface area (Å²) in [5.41, 5.74) is 0. The van der Waals surface area contributed by atoms with Crippen molar-refractivity contribution in [1.29, 1.82) is 0 Å². The minimum Gasteiger partial charge on any atom is -0.481 e. The fourth-order valence-electron chi connectivity index (χ4n) is 2.11. The number of hydrogen-bond acceptors (Lipinski definition) is 4. The number of hydrogen-bond donors (Lipinski definition) is 1. The number of carbonyl (C=O) groups is 1. The van der Waals surface area contributed by atoms with E-state index in [0.29, 0.717) is 13.2 Å². The van der Waals surface area contributed by atoms with Crippen molar-refractivity contribution in [1.82, 2.24) is 4.90 Å². The zero-order valence-corrected chi connectivity index (χ0v) is 10.8. The molecule has 0 aromatic rings. The lowest BCUT2D eigenvalue weighted by Gasteiger charge is -2.28. The number of rotatable bonds is 7. The molecular formula is C11H21NO3S. The van der Waals surface area contributed by atoms with Gasteiger partial charge in [0, 0.05) is 6.04 Å². The lowest BCUT2D eigenvalue weighted by molar-refractivity contribution is -0.143. The van der Waals surface area contributed by atoms with Crippen molar-refractivity contribution < 1.29 is 14.6 Å². The number of carboxylic acids is 1. The van der Waals surface area contributed by atoms with Gasteiger partial charge >= 0.3 is 5.97 Å². The normalized spacial score (nSPS) is 25.2. The average molecular weight is 247 g/mol. The van der Waals surface area contributed by atoms with Gasteiger partial charge in [-0.2, -0.15) is 11.8 Å². The second-order valence-corrected chi connectivity index (χ2v) is 5.01. The summed E-state index contributed by atoms with van der Waals surface area (Å²) in [7, 11) is 0. The van der Waals surface area contributed by atoms with E-state index < -0.39 is 5.97 Å². The van der Waals surface area contributed by atoms with Gasteiger partial charge in [-0.15, -0.1) is 0 Å². The van der Waals surface area contributed by atoms with Crippen LogP contribution < -0.4 is 0 Å². The molecule has 0 bridgehead atoms. The fraction of sp³-hybridized carbons (Fsp3) is 0.909. The molecular weight excluding hydrogens is 226 g/mol.